The second kappa shape index (κ2) is 4.79. The number of nitrogens with two attached hydrogens (primary N) is 1. The van der Waals surface area contributed by atoms with Gasteiger partial charge in [0.25, 0.3) is 0 Å². The molecule has 0 atom stereocenters. The number of rotatable bonds is 3. The van der Waals surface area contributed by atoms with Crippen LogP contribution < -0.4 is 10.5 Å². The van der Waals surface area contributed by atoms with Gasteiger partial charge in [0.2, 0.25) is 5.95 Å². The molecule has 0 saturated heterocycles. The normalized spacial score (nSPS) is 11.2. The fourth-order valence-electron chi connectivity index (χ4n) is 2.18. The smallest absolute Gasteiger partial charge is 0.201 e. The predicted octanol–water partition coefficient (Wildman–Crippen LogP) is 3.18. The van der Waals surface area contributed by atoms with Gasteiger partial charge >= 0.3 is 0 Å². The molecule has 0 radical (unpaired) electrons. The number of ether oxygens (including phenoxy) is 1. The molecule has 1 aromatic carbocycles. The molecule has 0 amide bonds. The predicted molar refractivity (Wildman–Crippen MR) is 78.8 cm³/mol. The monoisotopic (exact) mass is 291 g/mol. The van der Waals surface area contributed by atoms with Crippen molar-refractivity contribution in [2.24, 2.45) is 0 Å². The second-order valence-electron chi connectivity index (χ2n) is 4.56. The number of fused-ring (bicyclic) bond motifs is 1. The number of hydrogen-bond acceptors (Lipinski definition) is 4. The number of imidazole rings is 1. The fraction of sp³-hybridized carbons (Fsp3) is 0.214. The number of halogens is 1. The average molecular weight is 291 g/mol. The van der Waals surface area contributed by atoms with E-state index in [1.165, 1.54) is 23.6 Å². The average Bonchev–Trinajstić information content (AvgIpc) is 2.94. The largest absolute Gasteiger partial charge is 0.494 e. The van der Waals surface area contributed by atoms with Crippen molar-refractivity contribution < 1.29 is 9.13 Å². The highest BCUT2D eigenvalue weighted by atomic mass is 32.1. The van der Waals surface area contributed by atoms with Crippen molar-refractivity contribution in [3.8, 4) is 5.75 Å². The van der Waals surface area contributed by atoms with Crippen LogP contribution in [0.25, 0.3) is 11.0 Å². The van der Waals surface area contributed by atoms with Crippen LogP contribution in [0.4, 0.5) is 10.3 Å². The number of thiophene rings is 1. The minimum atomic E-state index is -0.433. The van der Waals surface area contributed by atoms with Gasteiger partial charge in [-0.2, -0.15) is 0 Å². The molecule has 2 N–H and O–H groups in total. The van der Waals surface area contributed by atoms with Crippen molar-refractivity contribution in [3.05, 3.63) is 39.8 Å². The first-order valence-corrected chi connectivity index (χ1v) is 7.00. The molecular weight excluding hydrogens is 277 g/mol. The number of nitrogen functional groups attached to an aromatic ring is 1. The molecule has 0 unspecified atom stereocenters. The molecule has 2 heterocycles. The van der Waals surface area contributed by atoms with E-state index >= 15 is 0 Å². The highest BCUT2D eigenvalue weighted by Crippen LogP contribution is 2.28. The topological polar surface area (TPSA) is 53.1 Å². The van der Waals surface area contributed by atoms with Crippen LogP contribution in [0.15, 0.2) is 23.6 Å². The first kappa shape index (κ1) is 12.9. The first-order valence-electron chi connectivity index (χ1n) is 6.12. The van der Waals surface area contributed by atoms with E-state index in [1.54, 1.807) is 17.4 Å². The van der Waals surface area contributed by atoms with Crippen molar-refractivity contribution in [2.75, 3.05) is 12.8 Å². The van der Waals surface area contributed by atoms with Gasteiger partial charge in [-0.05, 0) is 23.9 Å². The zero-order valence-corrected chi connectivity index (χ0v) is 12.0. The van der Waals surface area contributed by atoms with E-state index in [-0.39, 0.29) is 5.75 Å². The molecule has 2 aromatic heterocycles. The fourth-order valence-corrected chi connectivity index (χ4v) is 3.07. The summed E-state index contributed by atoms with van der Waals surface area (Å²) in [6.07, 6.45) is 0. The van der Waals surface area contributed by atoms with E-state index in [2.05, 4.69) is 18.0 Å². The molecule has 0 fully saturated rings. The minimum absolute atomic E-state index is 0.196. The van der Waals surface area contributed by atoms with E-state index < -0.39 is 5.82 Å². The molecule has 3 aromatic rings. The maximum Gasteiger partial charge on any atom is 0.201 e. The molecule has 3 rings (SSSR count). The lowest BCUT2D eigenvalue weighted by molar-refractivity contribution is 0.387. The third kappa shape index (κ3) is 2.02. The number of benzene rings is 1. The zero-order valence-electron chi connectivity index (χ0n) is 11.2. The van der Waals surface area contributed by atoms with Crippen molar-refractivity contribution in [1.82, 2.24) is 9.55 Å². The van der Waals surface area contributed by atoms with Gasteiger partial charge in [0, 0.05) is 17.0 Å². The Morgan fingerprint density at radius 3 is 2.90 bits per heavy atom. The lowest BCUT2D eigenvalue weighted by Crippen LogP contribution is -2.04. The quantitative estimate of drug-likeness (QED) is 0.806. The molecule has 0 saturated carbocycles. The molecule has 104 valence electrons. The summed E-state index contributed by atoms with van der Waals surface area (Å²) in [4.78, 5) is 5.42. The molecule has 0 bridgehead atoms. The SMILES string of the molecule is COc1cc2c(cc1F)nc(N)n2Cc1sccc1C. The van der Waals surface area contributed by atoms with Gasteiger partial charge < -0.3 is 15.0 Å². The number of methoxy groups -OCH3 is 1. The van der Waals surface area contributed by atoms with Gasteiger partial charge in [0.05, 0.1) is 24.7 Å². The Labute approximate surface area is 119 Å². The summed E-state index contributed by atoms with van der Waals surface area (Å²) in [6, 6.07) is 5.05. The number of aromatic nitrogens is 2. The summed E-state index contributed by atoms with van der Waals surface area (Å²) in [5.41, 5.74) is 8.48. The Morgan fingerprint density at radius 2 is 2.25 bits per heavy atom. The lowest BCUT2D eigenvalue weighted by Gasteiger charge is -2.07. The van der Waals surface area contributed by atoms with Gasteiger partial charge in [-0.1, -0.05) is 0 Å². The Kier molecular flexibility index (Phi) is 3.10. The summed E-state index contributed by atoms with van der Waals surface area (Å²) < 4.78 is 20.6. The van der Waals surface area contributed by atoms with Crippen LogP contribution in [-0.4, -0.2) is 16.7 Å². The number of hydrogen-bond donors (Lipinski definition) is 1. The van der Waals surface area contributed by atoms with Gasteiger partial charge in [0.15, 0.2) is 11.6 Å². The van der Waals surface area contributed by atoms with E-state index in [9.17, 15) is 4.39 Å². The maximum atomic E-state index is 13.7. The molecule has 6 heteroatoms. The number of anilines is 1. The summed E-state index contributed by atoms with van der Waals surface area (Å²) in [7, 11) is 1.44. The molecule has 20 heavy (non-hydrogen) atoms. The zero-order chi connectivity index (χ0) is 14.3. The van der Waals surface area contributed by atoms with Crippen LogP contribution in [0.3, 0.4) is 0 Å². The summed E-state index contributed by atoms with van der Waals surface area (Å²) >= 11 is 1.67. The molecule has 0 aliphatic carbocycles. The van der Waals surface area contributed by atoms with Gasteiger partial charge in [-0.25, -0.2) is 9.37 Å². The third-order valence-electron chi connectivity index (χ3n) is 3.32. The number of aryl methyl sites for hydroxylation is 1. The maximum absolute atomic E-state index is 13.7. The van der Waals surface area contributed by atoms with Crippen LogP contribution in [0.1, 0.15) is 10.4 Å². The summed E-state index contributed by atoms with van der Waals surface area (Å²) in [5, 5.41) is 2.04. The van der Waals surface area contributed by atoms with E-state index in [0.29, 0.717) is 18.0 Å². The van der Waals surface area contributed by atoms with Gasteiger partial charge in [-0.15, -0.1) is 11.3 Å². The minimum Gasteiger partial charge on any atom is -0.494 e. The third-order valence-corrected chi connectivity index (χ3v) is 4.33. The molecule has 4 nitrogen and oxygen atoms in total. The van der Waals surface area contributed by atoms with Crippen LogP contribution in [0, 0.1) is 12.7 Å². The standard InChI is InChI=1S/C14H14FN3OS/c1-8-3-4-20-13(8)7-18-11-6-12(19-2)9(15)5-10(11)17-14(18)16/h3-6H,7H2,1-2H3,(H2,16,17). The van der Waals surface area contributed by atoms with Crippen molar-refractivity contribution in [2.45, 2.75) is 13.5 Å². The van der Waals surface area contributed by atoms with Crippen molar-refractivity contribution >= 4 is 28.3 Å². The Hall–Kier alpha value is -2.08. The number of nitrogens with zero attached hydrogens (tertiary/aromatic N) is 2. The van der Waals surface area contributed by atoms with Crippen LogP contribution >= 0.6 is 11.3 Å². The molecule has 0 aliphatic heterocycles. The van der Waals surface area contributed by atoms with Crippen LogP contribution in [0.2, 0.25) is 0 Å². The van der Waals surface area contributed by atoms with Crippen molar-refractivity contribution in [3.63, 3.8) is 0 Å². The van der Waals surface area contributed by atoms with Crippen LogP contribution in [0.5, 0.6) is 5.75 Å². The first-order chi connectivity index (χ1) is 9.60. The van der Waals surface area contributed by atoms with E-state index in [4.69, 9.17) is 10.5 Å². The van der Waals surface area contributed by atoms with Gasteiger partial charge in [-0.3, -0.25) is 0 Å². The second-order valence-corrected chi connectivity index (χ2v) is 5.56. The van der Waals surface area contributed by atoms with E-state index in [1.807, 2.05) is 9.95 Å². The molecule has 0 spiro atoms. The Morgan fingerprint density at radius 1 is 1.45 bits per heavy atom. The Bertz CT molecular complexity index is 778. The summed E-state index contributed by atoms with van der Waals surface area (Å²) in [6.45, 7) is 2.68. The van der Waals surface area contributed by atoms with Crippen LogP contribution in [-0.2, 0) is 6.54 Å². The molecule has 0 aliphatic rings. The van der Waals surface area contributed by atoms with Gasteiger partial charge in [0.1, 0.15) is 0 Å². The van der Waals surface area contributed by atoms with E-state index in [0.717, 1.165) is 5.52 Å². The summed E-state index contributed by atoms with van der Waals surface area (Å²) in [5.74, 6) is 0.138. The highest BCUT2D eigenvalue weighted by Gasteiger charge is 2.14. The molecular formula is C14H14FN3OS. The lowest BCUT2D eigenvalue weighted by atomic mass is 10.2. The van der Waals surface area contributed by atoms with Crippen molar-refractivity contribution in [1.29, 1.82) is 0 Å². The Balaban J connectivity index is 2.14. The highest BCUT2D eigenvalue weighted by molar-refractivity contribution is 7.10.